The lowest BCUT2D eigenvalue weighted by Crippen LogP contribution is -2.50. The Balaban J connectivity index is 2.82. The topological polar surface area (TPSA) is 104 Å². The molecular formula is C12H22N2O6S. The Labute approximate surface area is 124 Å². The molecule has 1 aliphatic rings. The molecule has 1 fully saturated rings. The minimum Gasteiger partial charge on any atom is -0.480 e. The number of aliphatic carboxylic acids is 1. The van der Waals surface area contributed by atoms with Crippen molar-refractivity contribution in [2.45, 2.75) is 26.7 Å². The number of carbonyl (C=O) groups excluding carboxylic acids is 1. The van der Waals surface area contributed by atoms with Gasteiger partial charge in [-0.15, -0.1) is 0 Å². The number of carboxylic acids is 1. The Morgan fingerprint density at radius 2 is 2.05 bits per heavy atom. The van der Waals surface area contributed by atoms with Crippen molar-refractivity contribution < 1.29 is 27.9 Å². The molecule has 1 atom stereocenters. The second kappa shape index (κ2) is 7.71. The number of nitrogens with zero attached hydrogens (tertiary/aromatic N) is 2. The monoisotopic (exact) mass is 322 g/mol. The minimum atomic E-state index is -3.87. The maximum atomic E-state index is 12.4. The number of esters is 1. The van der Waals surface area contributed by atoms with Gasteiger partial charge in [0, 0.05) is 19.6 Å². The first kappa shape index (κ1) is 17.9. The Hall–Kier alpha value is -1.19. The summed E-state index contributed by atoms with van der Waals surface area (Å²) in [5, 5.41) is 8.79. The van der Waals surface area contributed by atoms with Gasteiger partial charge in [0.25, 0.3) is 10.2 Å². The van der Waals surface area contributed by atoms with Gasteiger partial charge in [-0.25, -0.2) is 0 Å². The quantitative estimate of drug-likeness (QED) is 0.657. The predicted molar refractivity (Wildman–Crippen MR) is 74.7 cm³/mol. The molecule has 0 aromatic rings. The number of rotatable bonds is 7. The van der Waals surface area contributed by atoms with E-state index in [1.807, 2.05) is 0 Å². The van der Waals surface area contributed by atoms with Crippen LogP contribution in [0.1, 0.15) is 26.7 Å². The molecule has 1 N–H and O–H groups in total. The lowest BCUT2D eigenvalue weighted by molar-refractivity contribution is -0.149. The molecule has 21 heavy (non-hydrogen) atoms. The highest BCUT2D eigenvalue weighted by molar-refractivity contribution is 7.86. The maximum absolute atomic E-state index is 12.4. The molecule has 1 unspecified atom stereocenters. The third-order valence-electron chi connectivity index (χ3n) is 3.32. The molecule has 0 amide bonds. The third-order valence-corrected chi connectivity index (χ3v) is 5.35. The van der Waals surface area contributed by atoms with E-state index in [0.29, 0.717) is 12.8 Å². The fraction of sp³-hybridized carbons (Fsp3) is 0.833. The predicted octanol–water partition coefficient (Wildman–Crippen LogP) is -0.0872. The van der Waals surface area contributed by atoms with Crippen molar-refractivity contribution in [1.82, 2.24) is 8.61 Å². The molecule has 0 aromatic carbocycles. The fourth-order valence-electron chi connectivity index (χ4n) is 2.28. The molecule has 1 rings (SSSR count). The van der Waals surface area contributed by atoms with Gasteiger partial charge in [0.1, 0.15) is 6.54 Å². The first-order valence-corrected chi connectivity index (χ1v) is 8.36. The van der Waals surface area contributed by atoms with Gasteiger partial charge in [0.05, 0.1) is 12.5 Å². The number of carbonyl (C=O) groups is 2. The summed E-state index contributed by atoms with van der Waals surface area (Å²) in [6.45, 7) is 3.33. The molecule has 0 bridgehead atoms. The normalized spacial score (nSPS) is 20.4. The molecule has 0 radical (unpaired) electrons. The maximum Gasteiger partial charge on any atom is 0.318 e. The first-order chi connectivity index (χ1) is 9.82. The number of piperidine rings is 1. The van der Waals surface area contributed by atoms with E-state index in [0.717, 1.165) is 4.31 Å². The average molecular weight is 322 g/mol. The largest absolute Gasteiger partial charge is 0.480 e. The van der Waals surface area contributed by atoms with Crippen molar-refractivity contribution in [3.8, 4) is 0 Å². The molecule has 0 aliphatic carbocycles. The van der Waals surface area contributed by atoms with Gasteiger partial charge in [-0.3, -0.25) is 9.59 Å². The van der Waals surface area contributed by atoms with E-state index in [-0.39, 0.29) is 26.2 Å². The fourth-order valence-corrected chi connectivity index (χ4v) is 3.93. The number of ether oxygens (including phenoxy) is 1. The number of likely N-dealkylation sites (N-methyl/N-ethyl adjacent to an activating group) is 1. The Kier molecular flexibility index (Phi) is 6.56. The summed E-state index contributed by atoms with van der Waals surface area (Å²) in [6, 6.07) is 0. The molecule has 0 spiro atoms. The van der Waals surface area contributed by atoms with Crippen LogP contribution < -0.4 is 0 Å². The second-order valence-corrected chi connectivity index (χ2v) is 6.71. The standard InChI is InChI=1S/C12H22N2O6S/c1-3-13(9-11(15)16)21(18,19)14-7-5-6-10(8-14)12(17)20-4-2/h10H,3-9H2,1-2H3,(H,15,16). The van der Waals surface area contributed by atoms with E-state index in [1.54, 1.807) is 13.8 Å². The van der Waals surface area contributed by atoms with Crippen molar-refractivity contribution >= 4 is 22.1 Å². The lowest BCUT2D eigenvalue weighted by Gasteiger charge is -2.33. The van der Waals surface area contributed by atoms with E-state index in [2.05, 4.69) is 0 Å². The second-order valence-electron chi connectivity index (χ2n) is 4.78. The van der Waals surface area contributed by atoms with Crippen LogP contribution in [-0.4, -0.2) is 66.9 Å². The van der Waals surface area contributed by atoms with Gasteiger partial charge in [-0.05, 0) is 19.8 Å². The molecular weight excluding hydrogens is 300 g/mol. The van der Waals surface area contributed by atoms with Crippen molar-refractivity contribution in [3.05, 3.63) is 0 Å². The van der Waals surface area contributed by atoms with Crippen LogP contribution in [-0.2, 0) is 24.5 Å². The van der Waals surface area contributed by atoms with Crippen LogP contribution in [0.3, 0.4) is 0 Å². The molecule has 1 heterocycles. The molecule has 0 aromatic heterocycles. The molecule has 1 saturated heterocycles. The summed E-state index contributed by atoms with van der Waals surface area (Å²) < 4.78 is 31.8. The average Bonchev–Trinajstić information content (AvgIpc) is 2.44. The zero-order valence-electron chi connectivity index (χ0n) is 12.3. The lowest BCUT2D eigenvalue weighted by atomic mass is 10.0. The van der Waals surface area contributed by atoms with Gasteiger partial charge in [-0.2, -0.15) is 17.0 Å². The van der Waals surface area contributed by atoms with Gasteiger partial charge in [0.15, 0.2) is 0 Å². The van der Waals surface area contributed by atoms with Crippen molar-refractivity contribution in [2.75, 3.05) is 32.8 Å². The minimum absolute atomic E-state index is 0.0390. The summed E-state index contributed by atoms with van der Waals surface area (Å²) in [6.07, 6.45) is 1.13. The highest BCUT2D eigenvalue weighted by Gasteiger charge is 2.36. The van der Waals surface area contributed by atoms with Crippen molar-refractivity contribution in [2.24, 2.45) is 5.92 Å². The van der Waals surface area contributed by atoms with E-state index in [1.165, 1.54) is 4.31 Å². The van der Waals surface area contributed by atoms with E-state index < -0.39 is 34.6 Å². The van der Waals surface area contributed by atoms with Crippen molar-refractivity contribution in [1.29, 1.82) is 0 Å². The summed E-state index contributed by atoms with van der Waals surface area (Å²) in [5.74, 6) is -2.10. The van der Waals surface area contributed by atoms with Crippen LogP contribution in [0.25, 0.3) is 0 Å². The van der Waals surface area contributed by atoms with E-state index in [9.17, 15) is 18.0 Å². The SMILES string of the molecule is CCOC(=O)C1CCCN(S(=O)(=O)N(CC)CC(=O)O)C1. The van der Waals surface area contributed by atoms with Gasteiger partial charge in [0.2, 0.25) is 0 Å². The third kappa shape index (κ3) is 4.65. The summed E-state index contributed by atoms with van der Waals surface area (Å²) in [4.78, 5) is 22.5. The molecule has 1 aliphatic heterocycles. The smallest absolute Gasteiger partial charge is 0.318 e. The van der Waals surface area contributed by atoms with Crippen LogP contribution in [0.15, 0.2) is 0 Å². The van der Waals surface area contributed by atoms with E-state index in [4.69, 9.17) is 9.84 Å². The highest BCUT2D eigenvalue weighted by atomic mass is 32.2. The molecule has 122 valence electrons. The number of hydrogen-bond donors (Lipinski definition) is 1. The molecule has 8 nitrogen and oxygen atoms in total. The summed E-state index contributed by atoms with van der Waals surface area (Å²) in [5.41, 5.74) is 0. The Bertz CT molecular complexity index is 478. The van der Waals surface area contributed by atoms with Gasteiger partial charge in [-0.1, -0.05) is 6.92 Å². The zero-order valence-corrected chi connectivity index (χ0v) is 13.1. The van der Waals surface area contributed by atoms with Gasteiger partial charge >= 0.3 is 11.9 Å². The Morgan fingerprint density at radius 1 is 1.38 bits per heavy atom. The van der Waals surface area contributed by atoms with E-state index >= 15 is 0 Å². The van der Waals surface area contributed by atoms with Crippen LogP contribution in [0.4, 0.5) is 0 Å². The zero-order chi connectivity index (χ0) is 16.0. The van der Waals surface area contributed by atoms with Crippen molar-refractivity contribution in [3.63, 3.8) is 0 Å². The number of carboxylic acid groups (broad SMARTS) is 1. The summed E-state index contributed by atoms with van der Waals surface area (Å²) in [7, 11) is -3.87. The summed E-state index contributed by atoms with van der Waals surface area (Å²) >= 11 is 0. The number of hydrogen-bond acceptors (Lipinski definition) is 5. The Morgan fingerprint density at radius 3 is 2.57 bits per heavy atom. The molecule has 0 saturated carbocycles. The van der Waals surface area contributed by atoms with Crippen LogP contribution in [0.5, 0.6) is 0 Å². The first-order valence-electron chi connectivity index (χ1n) is 6.96. The van der Waals surface area contributed by atoms with Crippen LogP contribution >= 0.6 is 0 Å². The molecule has 9 heteroatoms. The van der Waals surface area contributed by atoms with Gasteiger partial charge < -0.3 is 9.84 Å². The van der Waals surface area contributed by atoms with Crippen LogP contribution in [0.2, 0.25) is 0 Å². The van der Waals surface area contributed by atoms with Crippen LogP contribution in [0, 0.1) is 5.92 Å². The highest BCUT2D eigenvalue weighted by Crippen LogP contribution is 2.22.